The first kappa shape index (κ1) is 20.9. The van der Waals surface area contributed by atoms with Crippen LogP contribution < -0.4 is 10.2 Å². The molecular formula is C21H18Cl2N2O4. The van der Waals surface area contributed by atoms with Crippen LogP contribution in [-0.2, 0) is 14.3 Å². The third kappa shape index (κ3) is 4.60. The van der Waals surface area contributed by atoms with Gasteiger partial charge in [0.1, 0.15) is 10.7 Å². The van der Waals surface area contributed by atoms with Crippen molar-refractivity contribution >= 4 is 52.4 Å². The first-order valence-corrected chi connectivity index (χ1v) is 9.76. The van der Waals surface area contributed by atoms with E-state index in [1.807, 2.05) is 6.92 Å². The van der Waals surface area contributed by atoms with Crippen LogP contribution in [0.3, 0.4) is 0 Å². The molecule has 29 heavy (non-hydrogen) atoms. The molecule has 2 aromatic carbocycles. The fourth-order valence-corrected chi connectivity index (χ4v) is 3.08. The molecule has 1 heterocycles. The minimum atomic E-state index is -0.641. The van der Waals surface area contributed by atoms with Gasteiger partial charge in [0, 0.05) is 10.7 Å². The van der Waals surface area contributed by atoms with E-state index in [1.165, 1.54) is 6.07 Å². The Bertz CT molecular complexity index is 986. The second-order valence-electron chi connectivity index (χ2n) is 6.31. The van der Waals surface area contributed by atoms with Gasteiger partial charge in [-0.1, -0.05) is 42.6 Å². The summed E-state index contributed by atoms with van der Waals surface area (Å²) in [6, 6.07) is 12.7. The number of nitrogens with zero attached hydrogens (tertiary/aromatic N) is 1. The number of imide groups is 1. The zero-order valence-electron chi connectivity index (χ0n) is 15.6. The molecule has 0 fully saturated rings. The van der Waals surface area contributed by atoms with Crippen molar-refractivity contribution in [1.82, 2.24) is 0 Å². The van der Waals surface area contributed by atoms with E-state index >= 15 is 0 Å². The second kappa shape index (κ2) is 9.11. The number of benzene rings is 2. The van der Waals surface area contributed by atoms with Crippen molar-refractivity contribution in [1.29, 1.82) is 0 Å². The zero-order valence-corrected chi connectivity index (χ0v) is 17.1. The van der Waals surface area contributed by atoms with Crippen molar-refractivity contribution in [3.63, 3.8) is 0 Å². The lowest BCUT2D eigenvalue weighted by molar-refractivity contribution is -0.120. The molecule has 150 valence electrons. The highest BCUT2D eigenvalue weighted by Gasteiger charge is 2.39. The molecule has 3 rings (SSSR count). The van der Waals surface area contributed by atoms with Crippen LogP contribution in [0, 0.1) is 0 Å². The third-order valence-electron chi connectivity index (χ3n) is 4.21. The molecule has 6 nitrogen and oxygen atoms in total. The lowest BCUT2D eigenvalue weighted by Gasteiger charge is -2.15. The molecule has 0 aliphatic carbocycles. The van der Waals surface area contributed by atoms with Gasteiger partial charge in [-0.2, -0.15) is 0 Å². The Morgan fingerprint density at radius 2 is 1.79 bits per heavy atom. The van der Waals surface area contributed by atoms with Crippen molar-refractivity contribution in [2.24, 2.45) is 0 Å². The summed E-state index contributed by atoms with van der Waals surface area (Å²) in [7, 11) is 0. The summed E-state index contributed by atoms with van der Waals surface area (Å²) in [5.74, 6) is -1.65. The van der Waals surface area contributed by atoms with Gasteiger partial charge in [-0.25, -0.2) is 9.69 Å². The summed E-state index contributed by atoms with van der Waals surface area (Å²) in [6.45, 7) is 2.38. The van der Waals surface area contributed by atoms with Gasteiger partial charge in [0.15, 0.2) is 0 Å². The lowest BCUT2D eigenvalue weighted by atomic mass is 10.2. The van der Waals surface area contributed by atoms with Crippen LogP contribution in [0.5, 0.6) is 0 Å². The first-order valence-electron chi connectivity index (χ1n) is 9.00. The average Bonchev–Trinajstić information content (AvgIpc) is 2.92. The Morgan fingerprint density at radius 3 is 2.45 bits per heavy atom. The predicted octanol–water partition coefficient (Wildman–Crippen LogP) is 4.73. The second-order valence-corrected chi connectivity index (χ2v) is 7.12. The van der Waals surface area contributed by atoms with E-state index in [2.05, 4.69) is 5.32 Å². The highest BCUT2D eigenvalue weighted by Crippen LogP contribution is 2.31. The van der Waals surface area contributed by atoms with Crippen molar-refractivity contribution in [2.75, 3.05) is 16.8 Å². The number of halogens is 2. The van der Waals surface area contributed by atoms with Gasteiger partial charge in [-0.05, 0) is 48.9 Å². The summed E-state index contributed by atoms with van der Waals surface area (Å²) < 4.78 is 5.16. The van der Waals surface area contributed by atoms with E-state index in [1.54, 1.807) is 42.5 Å². The van der Waals surface area contributed by atoms with Gasteiger partial charge in [-0.3, -0.25) is 9.59 Å². The largest absolute Gasteiger partial charge is 0.462 e. The maximum atomic E-state index is 12.7. The molecule has 2 aromatic rings. The molecule has 1 aliphatic heterocycles. The maximum Gasteiger partial charge on any atom is 0.338 e. The molecule has 0 radical (unpaired) electrons. The number of hydrogen-bond donors (Lipinski definition) is 1. The highest BCUT2D eigenvalue weighted by atomic mass is 35.5. The number of nitrogens with one attached hydrogen (secondary N) is 1. The van der Waals surface area contributed by atoms with E-state index < -0.39 is 17.8 Å². The first-order chi connectivity index (χ1) is 13.9. The molecule has 0 saturated heterocycles. The van der Waals surface area contributed by atoms with Crippen LogP contribution in [-0.4, -0.2) is 24.4 Å². The Balaban J connectivity index is 1.73. The molecule has 0 aromatic heterocycles. The fraction of sp³-hybridized carbons (Fsp3) is 0.190. The van der Waals surface area contributed by atoms with E-state index in [4.69, 9.17) is 27.9 Å². The molecule has 0 unspecified atom stereocenters. The van der Waals surface area contributed by atoms with Gasteiger partial charge in [0.25, 0.3) is 11.8 Å². The zero-order chi connectivity index (χ0) is 21.0. The number of ether oxygens (including phenoxy) is 1. The van der Waals surface area contributed by atoms with Crippen LogP contribution in [0.25, 0.3) is 0 Å². The van der Waals surface area contributed by atoms with Gasteiger partial charge < -0.3 is 10.1 Å². The van der Waals surface area contributed by atoms with E-state index in [0.29, 0.717) is 28.6 Å². The van der Waals surface area contributed by atoms with E-state index in [0.717, 1.165) is 17.7 Å². The lowest BCUT2D eigenvalue weighted by Crippen LogP contribution is -2.32. The van der Waals surface area contributed by atoms with Crippen molar-refractivity contribution in [3.05, 3.63) is 69.8 Å². The van der Waals surface area contributed by atoms with E-state index in [-0.39, 0.29) is 10.7 Å². The highest BCUT2D eigenvalue weighted by molar-refractivity contribution is 6.53. The quantitative estimate of drug-likeness (QED) is 0.388. The summed E-state index contributed by atoms with van der Waals surface area (Å²) in [5.41, 5.74) is 1.17. The van der Waals surface area contributed by atoms with Crippen LogP contribution in [0.1, 0.15) is 30.1 Å². The Hall–Kier alpha value is -2.83. The van der Waals surface area contributed by atoms with E-state index in [9.17, 15) is 14.4 Å². The fourth-order valence-electron chi connectivity index (χ4n) is 2.69. The Labute approximate surface area is 178 Å². The maximum absolute atomic E-state index is 12.7. The summed E-state index contributed by atoms with van der Waals surface area (Å²) in [4.78, 5) is 38.1. The molecule has 8 heteroatoms. The molecule has 0 spiro atoms. The molecule has 1 aliphatic rings. The number of carbonyl (C=O) groups is 3. The van der Waals surface area contributed by atoms with Crippen molar-refractivity contribution < 1.29 is 19.1 Å². The van der Waals surface area contributed by atoms with Crippen LogP contribution in [0.2, 0.25) is 5.02 Å². The van der Waals surface area contributed by atoms with Gasteiger partial charge in [0.2, 0.25) is 0 Å². The average molecular weight is 433 g/mol. The smallest absolute Gasteiger partial charge is 0.338 e. The Kier molecular flexibility index (Phi) is 6.56. The number of amides is 2. The van der Waals surface area contributed by atoms with Crippen LogP contribution in [0.15, 0.2) is 59.3 Å². The summed E-state index contributed by atoms with van der Waals surface area (Å²) >= 11 is 12.1. The van der Waals surface area contributed by atoms with Gasteiger partial charge in [-0.15, -0.1) is 0 Å². The monoisotopic (exact) mass is 432 g/mol. The van der Waals surface area contributed by atoms with Crippen molar-refractivity contribution in [2.45, 2.75) is 19.8 Å². The van der Waals surface area contributed by atoms with Gasteiger partial charge in [0.05, 0.1) is 17.9 Å². The van der Waals surface area contributed by atoms with Crippen molar-refractivity contribution in [3.8, 4) is 0 Å². The number of hydrogen-bond acceptors (Lipinski definition) is 5. The standard InChI is InChI=1S/C21H18Cl2N2O4/c1-2-3-11-29-21(28)13-7-9-15(10-8-13)24-18-17(23)19(26)25(20(18)27)16-6-4-5-14(22)12-16/h4-10,12,24H,2-3,11H2,1H3. The Morgan fingerprint density at radius 1 is 1.07 bits per heavy atom. The van der Waals surface area contributed by atoms with Crippen LogP contribution >= 0.6 is 23.2 Å². The summed E-state index contributed by atoms with van der Waals surface area (Å²) in [5, 5.41) is 3.02. The molecule has 0 bridgehead atoms. The van der Waals surface area contributed by atoms with Crippen LogP contribution in [0.4, 0.5) is 11.4 Å². The minimum absolute atomic E-state index is 0.0464. The van der Waals surface area contributed by atoms with Gasteiger partial charge >= 0.3 is 5.97 Å². The SMILES string of the molecule is CCCCOC(=O)c1ccc(NC2=C(Cl)C(=O)N(c3cccc(Cl)c3)C2=O)cc1. The minimum Gasteiger partial charge on any atom is -0.462 e. The molecule has 2 amide bonds. The topological polar surface area (TPSA) is 75.7 Å². The number of esters is 1. The predicted molar refractivity (Wildman–Crippen MR) is 112 cm³/mol. The number of carbonyl (C=O) groups excluding carboxylic acids is 3. The normalized spacial score (nSPS) is 13.8. The number of unbranched alkanes of at least 4 members (excludes halogenated alkanes) is 1. The number of rotatable bonds is 7. The number of anilines is 2. The molecule has 0 atom stereocenters. The molecule has 1 N–H and O–H groups in total. The molecular weight excluding hydrogens is 415 g/mol. The molecule has 0 saturated carbocycles. The summed E-state index contributed by atoms with van der Waals surface area (Å²) in [6.07, 6.45) is 1.74. The third-order valence-corrected chi connectivity index (χ3v) is 4.80.